The molecule has 2 unspecified atom stereocenters. The zero-order valence-electron chi connectivity index (χ0n) is 6.76. The van der Waals surface area contributed by atoms with Crippen LogP contribution in [0.15, 0.2) is 0 Å². The molecule has 1 fully saturated rings. The van der Waals surface area contributed by atoms with Crippen molar-refractivity contribution in [1.29, 1.82) is 0 Å². The molecule has 1 rings (SSSR count). The van der Waals surface area contributed by atoms with Crippen LogP contribution in [-0.2, 0) is 4.74 Å². The summed E-state index contributed by atoms with van der Waals surface area (Å²) in [5.74, 6) is 0.104. The van der Waals surface area contributed by atoms with Crippen LogP contribution in [0.5, 0.6) is 0 Å². The lowest BCUT2D eigenvalue weighted by Crippen LogP contribution is -2.27. The molecule has 0 spiro atoms. The fourth-order valence-electron chi connectivity index (χ4n) is 1.45. The number of halogens is 1. The standard InChI is InChI=1S/C8H16FNO/c9-8(3-4-10)7-2-1-5-11-6-7/h7-8H,1-6,10H2. The molecule has 2 nitrogen and oxygen atoms in total. The van der Waals surface area contributed by atoms with Crippen LogP contribution in [0.1, 0.15) is 19.3 Å². The van der Waals surface area contributed by atoms with Crippen LogP contribution in [0.25, 0.3) is 0 Å². The Hall–Kier alpha value is -0.150. The third-order valence-corrected chi connectivity index (χ3v) is 2.15. The second-order valence-electron chi connectivity index (χ2n) is 3.07. The van der Waals surface area contributed by atoms with E-state index in [4.69, 9.17) is 10.5 Å². The Morgan fingerprint density at radius 2 is 2.45 bits per heavy atom. The SMILES string of the molecule is NCCC(F)C1CCCOC1. The van der Waals surface area contributed by atoms with E-state index in [-0.39, 0.29) is 5.92 Å². The minimum atomic E-state index is -0.750. The van der Waals surface area contributed by atoms with Gasteiger partial charge in [-0.3, -0.25) is 0 Å². The zero-order chi connectivity index (χ0) is 8.10. The van der Waals surface area contributed by atoms with E-state index in [9.17, 15) is 4.39 Å². The van der Waals surface area contributed by atoms with Gasteiger partial charge in [-0.25, -0.2) is 4.39 Å². The molecule has 0 aromatic heterocycles. The minimum Gasteiger partial charge on any atom is -0.381 e. The van der Waals surface area contributed by atoms with Crippen molar-refractivity contribution in [1.82, 2.24) is 0 Å². The molecule has 66 valence electrons. The third-order valence-electron chi connectivity index (χ3n) is 2.15. The molecular weight excluding hydrogens is 145 g/mol. The first-order chi connectivity index (χ1) is 5.34. The van der Waals surface area contributed by atoms with Crippen molar-refractivity contribution in [2.45, 2.75) is 25.4 Å². The molecule has 0 aromatic carbocycles. The average molecular weight is 161 g/mol. The van der Waals surface area contributed by atoms with E-state index in [1.54, 1.807) is 0 Å². The zero-order valence-corrected chi connectivity index (χ0v) is 6.76. The predicted octanol–water partition coefficient (Wildman–Crippen LogP) is 1.10. The van der Waals surface area contributed by atoms with Gasteiger partial charge in [0.15, 0.2) is 0 Å². The maximum atomic E-state index is 13.1. The first-order valence-electron chi connectivity index (χ1n) is 4.26. The van der Waals surface area contributed by atoms with Crippen molar-refractivity contribution in [2.75, 3.05) is 19.8 Å². The first-order valence-corrected chi connectivity index (χ1v) is 4.26. The number of rotatable bonds is 3. The summed E-state index contributed by atoms with van der Waals surface area (Å²) >= 11 is 0. The Labute approximate surface area is 66.9 Å². The van der Waals surface area contributed by atoms with Crippen LogP contribution < -0.4 is 5.73 Å². The first kappa shape index (κ1) is 8.94. The quantitative estimate of drug-likeness (QED) is 0.672. The lowest BCUT2D eigenvalue weighted by Gasteiger charge is -2.24. The largest absolute Gasteiger partial charge is 0.381 e. The number of hydrogen-bond acceptors (Lipinski definition) is 2. The van der Waals surface area contributed by atoms with Crippen molar-refractivity contribution in [3.8, 4) is 0 Å². The Balaban J connectivity index is 2.21. The summed E-state index contributed by atoms with van der Waals surface area (Å²) in [7, 11) is 0. The molecule has 0 amide bonds. The maximum absolute atomic E-state index is 13.1. The molecule has 2 atom stereocenters. The molecule has 3 heteroatoms. The van der Waals surface area contributed by atoms with E-state index in [1.165, 1.54) is 0 Å². The van der Waals surface area contributed by atoms with Crippen LogP contribution in [0.3, 0.4) is 0 Å². The van der Waals surface area contributed by atoms with Gasteiger partial charge in [0.1, 0.15) is 6.17 Å². The third kappa shape index (κ3) is 2.75. The number of hydrogen-bond donors (Lipinski definition) is 1. The number of nitrogens with two attached hydrogens (primary N) is 1. The maximum Gasteiger partial charge on any atom is 0.106 e. The molecule has 0 aromatic rings. The fourth-order valence-corrected chi connectivity index (χ4v) is 1.45. The fraction of sp³-hybridized carbons (Fsp3) is 1.00. The number of alkyl halides is 1. The van der Waals surface area contributed by atoms with Gasteiger partial charge >= 0.3 is 0 Å². The van der Waals surface area contributed by atoms with Crippen LogP contribution >= 0.6 is 0 Å². The molecule has 0 saturated carbocycles. The summed E-state index contributed by atoms with van der Waals surface area (Å²) in [6.07, 6.45) is 1.69. The highest BCUT2D eigenvalue weighted by molar-refractivity contribution is 4.72. The van der Waals surface area contributed by atoms with Gasteiger partial charge in [-0.15, -0.1) is 0 Å². The highest BCUT2D eigenvalue weighted by Gasteiger charge is 2.22. The van der Waals surface area contributed by atoms with Crippen molar-refractivity contribution < 1.29 is 9.13 Å². The van der Waals surface area contributed by atoms with E-state index in [0.717, 1.165) is 19.4 Å². The summed E-state index contributed by atoms with van der Waals surface area (Å²) in [6, 6.07) is 0. The van der Waals surface area contributed by atoms with Crippen molar-refractivity contribution in [3.63, 3.8) is 0 Å². The Morgan fingerprint density at radius 3 is 3.00 bits per heavy atom. The summed E-state index contributed by atoms with van der Waals surface area (Å²) in [5.41, 5.74) is 5.26. The van der Waals surface area contributed by atoms with Crippen molar-refractivity contribution >= 4 is 0 Å². The van der Waals surface area contributed by atoms with Gasteiger partial charge in [0, 0.05) is 12.5 Å². The van der Waals surface area contributed by atoms with Gasteiger partial charge in [0.25, 0.3) is 0 Å². The van der Waals surface area contributed by atoms with Crippen LogP contribution in [-0.4, -0.2) is 25.9 Å². The van der Waals surface area contributed by atoms with E-state index in [1.807, 2.05) is 0 Å². The molecule has 2 N–H and O–H groups in total. The molecule has 1 aliphatic rings. The topological polar surface area (TPSA) is 35.2 Å². The van der Waals surface area contributed by atoms with Gasteiger partial charge < -0.3 is 10.5 Å². The van der Waals surface area contributed by atoms with Crippen LogP contribution in [0.2, 0.25) is 0 Å². The van der Waals surface area contributed by atoms with Gasteiger partial charge in [-0.1, -0.05) is 0 Å². The number of ether oxygens (including phenoxy) is 1. The van der Waals surface area contributed by atoms with E-state index >= 15 is 0 Å². The average Bonchev–Trinajstić information content (AvgIpc) is 2.07. The molecular formula is C8H16FNO. The summed E-state index contributed by atoms with van der Waals surface area (Å²) in [4.78, 5) is 0. The molecule has 1 saturated heterocycles. The van der Waals surface area contributed by atoms with E-state index in [0.29, 0.717) is 19.6 Å². The van der Waals surface area contributed by atoms with Crippen LogP contribution in [0.4, 0.5) is 4.39 Å². The van der Waals surface area contributed by atoms with Gasteiger partial charge in [-0.05, 0) is 25.8 Å². The molecule has 0 aliphatic carbocycles. The van der Waals surface area contributed by atoms with Crippen molar-refractivity contribution in [3.05, 3.63) is 0 Å². The summed E-state index contributed by atoms with van der Waals surface area (Å²) in [6.45, 7) is 1.82. The summed E-state index contributed by atoms with van der Waals surface area (Å²) < 4.78 is 18.3. The summed E-state index contributed by atoms with van der Waals surface area (Å²) in [5, 5.41) is 0. The molecule has 0 radical (unpaired) electrons. The monoisotopic (exact) mass is 161 g/mol. The van der Waals surface area contributed by atoms with Crippen LogP contribution in [0, 0.1) is 5.92 Å². The minimum absolute atomic E-state index is 0.104. The predicted molar refractivity (Wildman–Crippen MR) is 42.1 cm³/mol. The Kier molecular flexibility index (Phi) is 3.80. The van der Waals surface area contributed by atoms with E-state index < -0.39 is 6.17 Å². The second kappa shape index (κ2) is 4.67. The smallest absolute Gasteiger partial charge is 0.106 e. The van der Waals surface area contributed by atoms with Gasteiger partial charge in [0.2, 0.25) is 0 Å². The van der Waals surface area contributed by atoms with Gasteiger partial charge in [-0.2, -0.15) is 0 Å². The molecule has 0 bridgehead atoms. The lowest BCUT2D eigenvalue weighted by atomic mass is 9.95. The normalized spacial score (nSPS) is 28.4. The molecule has 1 heterocycles. The highest BCUT2D eigenvalue weighted by Crippen LogP contribution is 2.21. The Bertz CT molecular complexity index is 104. The second-order valence-corrected chi connectivity index (χ2v) is 3.07. The lowest BCUT2D eigenvalue weighted by molar-refractivity contribution is 0.0188. The molecule has 11 heavy (non-hydrogen) atoms. The molecule has 1 aliphatic heterocycles. The Morgan fingerprint density at radius 1 is 1.64 bits per heavy atom. The van der Waals surface area contributed by atoms with Crippen molar-refractivity contribution in [2.24, 2.45) is 11.7 Å². The highest BCUT2D eigenvalue weighted by atomic mass is 19.1. The van der Waals surface area contributed by atoms with Gasteiger partial charge in [0.05, 0.1) is 6.61 Å². The van der Waals surface area contributed by atoms with E-state index in [2.05, 4.69) is 0 Å².